The van der Waals surface area contributed by atoms with Crippen LogP contribution in [0.25, 0.3) is 0 Å². The van der Waals surface area contributed by atoms with E-state index in [1.54, 1.807) is 6.92 Å². The van der Waals surface area contributed by atoms with Gasteiger partial charge >= 0.3 is 0 Å². The summed E-state index contributed by atoms with van der Waals surface area (Å²) in [6.45, 7) is 6.18. The summed E-state index contributed by atoms with van der Waals surface area (Å²) in [4.78, 5) is 6.69. The summed E-state index contributed by atoms with van der Waals surface area (Å²) in [5.41, 5.74) is 4.11. The minimum Gasteiger partial charge on any atom is -0.384 e. The third-order valence-corrected chi connectivity index (χ3v) is 4.31. The van der Waals surface area contributed by atoms with Crippen molar-refractivity contribution in [1.82, 2.24) is 15.0 Å². The summed E-state index contributed by atoms with van der Waals surface area (Å²) in [5, 5.41) is 7.50. The Labute approximate surface area is 129 Å². The predicted molar refractivity (Wildman–Crippen MR) is 81.6 cm³/mol. The number of benzene rings is 1. The summed E-state index contributed by atoms with van der Waals surface area (Å²) < 4.78 is 10.9. The molecule has 4 rings (SSSR count). The van der Waals surface area contributed by atoms with Crippen molar-refractivity contribution < 1.29 is 9.26 Å². The summed E-state index contributed by atoms with van der Waals surface area (Å²) in [6.07, 6.45) is 1.02. The fourth-order valence-electron chi connectivity index (χ4n) is 3.23. The second kappa shape index (κ2) is 5.70. The molecule has 22 heavy (non-hydrogen) atoms. The molecule has 0 bridgehead atoms. The van der Waals surface area contributed by atoms with Crippen LogP contribution in [0.2, 0.25) is 0 Å². The Kier molecular flexibility index (Phi) is 3.56. The first-order valence-corrected chi connectivity index (χ1v) is 7.78. The number of morpholine rings is 1. The minimum atomic E-state index is -0.101. The highest BCUT2D eigenvalue weighted by atomic mass is 16.5. The first-order valence-electron chi connectivity index (χ1n) is 7.78. The van der Waals surface area contributed by atoms with Crippen LogP contribution in [-0.2, 0) is 17.7 Å². The second-order valence-electron chi connectivity index (χ2n) is 5.89. The summed E-state index contributed by atoms with van der Waals surface area (Å²) >= 11 is 0. The SMILES string of the molecule is Cc1nc(C2CN(Cc3cccc4c3NCC4)CCO2)no1. The van der Waals surface area contributed by atoms with E-state index in [-0.39, 0.29) is 6.10 Å². The van der Waals surface area contributed by atoms with Crippen LogP contribution in [0.3, 0.4) is 0 Å². The molecule has 2 aliphatic heterocycles. The van der Waals surface area contributed by atoms with E-state index in [2.05, 4.69) is 38.6 Å². The van der Waals surface area contributed by atoms with Crippen molar-refractivity contribution in [2.24, 2.45) is 0 Å². The molecular formula is C16H20N4O2. The van der Waals surface area contributed by atoms with Gasteiger partial charge in [-0.1, -0.05) is 23.4 Å². The smallest absolute Gasteiger partial charge is 0.223 e. The molecule has 1 fully saturated rings. The van der Waals surface area contributed by atoms with Gasteiger partial charge in [0.05, 0.1) is 6.61 Å². The molecule has 1 aromatic heterocycles. The standard InChI is InChI=1S/C16H20N4O2/c1-11-18-16(19-22-11)14-10-20(7-8-21-14)9-13-4-2-3-12-5-6-17-15(12)13/h2-4,14,17H,5-10H2,1H3. The van der Waals surface area contributed by atoms with Gasteiger partial charge in [-0.15, -0.1) is 0 Å². The van der Waals surface area contributed by atoms with Gasteiger partial charge < -0.3 is 14.6 Å². The number of anilines is 1. The highest BCUT2D eigenvalue weighted by molar-refractivity contribution is 5.61. The van der Waals surface area contributed by atoms with Crippen molar-refractivity contribution in [1.29, 1.82) is 0 Å². The van der Waals surface area contributed by atoms with Crippen molar-refractivity contribution >= 4 is 5.69 Å². The summed E-state index contributed by atoms with van der Waals surface area (Å²) in [6, 6.07) is 6.57. The van der Waals surface area contributed by atoms with Crippen molar-refractivity contribution in [2.75, 3.05) is 31.6 Å². The molecule has 1 saturated heterocycles. The van der Waals surface area contributed by atoms with Crippen LogP contribution >= 0.6 is 0 Å². The zero-order valence-electron chi connectivity index (χ0n) is 12.7. The van der Waals surface area contributed by atoms with E-state index in [0.29, 0.717) is 18.3 Å². The molecule has 1 aromatic carbocycles. The fraction of sp³-hybridized carbons (Fsp3) is 0.500. The fourth-order valence-corrected chi connectivity index (χ4v) is 3.23. The molecule has 2 aromatic rings. The van der Waals surface area contributed by atoms with Crippen LogP contribution in [0.5, 0.6) is 0 Å². The Bertz CT molecular complexity index is 670. The first kappa shape index (κ1) is 13.7. The number of hydrogen-bond donors (Lipinski definition) is 1. The van der Waals surface area contributed by atoms with Gasteiger partial charge in [0, 0.05) is 38.8 Å². The molecule has 0 spiro atoms. The van der Waals surface area contributed by atoms with Crippen LogP contribution in [0, 0.1) is 6.92 Å². The zero-order valence-corrected chi connectivity index (χ0v) is 12.7. The van der Waals surface area contributed by atoms with E-state index in [1.807, 2.05) is 0 Å². The molecule has 1 atom stereocenters. The lowest BCUT2D eigenvalue weighted by Crippen LogP contribution is -2.38. The van der Waals surface area contributed by atoms with Crippen LogP contribution in [0.1, 0.15) is 28.9 Å². The largest absolute Gasteiger partial charge is 0.384 e. The lowest BCUT2D eigenvalue weighted by atomic mass is 10.1. The molecular weight excluding hydrogens is 280 g/mol. The normalized spacial score (nSPS) is 21.6. The number of nitrogens with one attached hydrogen (secondary N) is 1. The van der Waals surface area contributed by atoms with Crippen molar-refractivity contribution in [3.63, 3.8) is 0 Å². The van der Waals surface area contributed by atoms with Crippen molar-refractivity contribution in [2.45, 2.75) is 26.0 Å². The molecule has 3 heterocycles. The van der Waals surface area contributed by atoms with Gasteiger partial charge in [-0.3, -0.25) is 4.90 Å². The van der Waals surface area contributed by atoms with Gasteiger partial charge in [-0.05, 0) is 17.5 Å². The number of fused-ring (bicyclic) bond motifs is 1. The van der Waals surface area contributed by atoms with E-state index in [1.165, 1.54) is 16.8 Å². The lowest BCUT2D eigenvalue weighted by molar-refractivity contribution is -0.0380. The molecule has 0 aliphatic carbocycles. The van der Waals surface area contributed by atoms with E-state index in [0.717, 1.165) is 32.6 Å². The number of ether oxygens (including phenoxy) is 1. The van der Waals surface area contributed by atoms with Gasteiger partial charge in [0.25, 0.3) is 0 Å². The average Bonchev–Trinajstić information content (AvgIpc) is 3.17. The maximum atomic E-state index is 5.80. The van der Waals surface area contributed by atoms with Crippen LogP contribution in [-0.4, -0.2) is 41.3 Å². The van der Waals surface area contributed by atoms with Gasteiger partial charge in [0.2, 0.25) is 11.7 Å². The Morgan fingerprint density at radius 3 is 3.23 bits per heavy atom. The molecule has 0 saturated carbocycles. The maximum Gasteiger partial charge on any atom is 0.223 e. The number of aromatic nitrogens is 2. The number of rotatable bonds is 3. The molecule has 1 unspecified atom stereocenters. The highest BCUT2D eigenvalue weighted by Crippen LogP contribution is 2.29. The summed E-state index contributed by atoms with van der Waals surface area (Å²) in [7, 11) is 0. The molecule has 1 N–H and O–H groups in total. The van der Waals surface area contributed by atoms with Crippen LogP contribution in [0.4, 0.5) is 5.69 Å². The molecule has 0 radical (unpaired) electrons. The van der Waals surface area contributed by atoms with E-state index >= 15 is 0 Å². The molecule has 116 valence electrons. The predicted octanol–water partition coefficient (Wildman–Crippen LogP) is 1.92. The number of para-hydroxylation sites is 1. The van der Waals surface area contributed by atoms with Crippen molar-refractivity contribution in [3.8, 4) is 0 Å². The molecule has 2 aliphatic rings. The monoisotopic (exact) mass is 300 g/mol. The van der Waals surface area contributed by atoms with E-state index < -0.39 is 0 Å². The number of nitrogens with zero attached hydrogens (tertiary/aromatic N) is 3. The molecule has 6 heteroatoms. The molecule has 0 amide bonds. The van der Waals surface area contributed by atoms with Gasteiger partial charge in [0.1, 0.15) is 6.10 Å². The molecule has 6 nitrogen and oxygen atoms in total. The van der Waals surface area contributed by atoms with Gasteiger partial charge in [-0.25, -0.2) is 0 Å². The van der Waals surface area contributed by atoms with Crippen LogP contribution in [0.15, 0.2) is 22.7 Å². The lowest BCUT2D eigenvalue weighted by Gasteiger charge is -2.31. The number of hydrogen-bond acceptors (Lipinski definition) is 6. The minimum absolute atomic E-state index is 0.101. The Morgan fingerprint density at radius 1 is 1.41 bits per heavy atom. The first-order chi connectivity index (χ1) is 10.8. The maximum absolute atomic E-state index is 5.80. The average molecular weight is 300 g/mol. The van der Waals surface area contributed by atoms with E-state index in [9.17, 15) is 0 Å². The van der Waals surface area contributed by atoms with Gasteiger partial charge in [-0.2, -0.15) is 4.98 Å². The summed E-state index contributed by atoms with van der Waals surface area (Å²) in [5.74, 6) is 1.24. The third kappa shape index (κ3) is 2.60. The number of aryl methyl sites for hydroxylation is 1. The quantitative estimate of drug-likeness (QED) is 0.934. The van der Waals surface area contributed by atoms with Crippen LogP contribution < -0.4 is 5.32 Å². The van der Waals surface area contributed by atoms with Crippen molar-refractivity contribution in [3.05, 3.63) is 41.0 Å². The van der Waals surface area contributed by atoms with E-state index in [4.69, 9.17) is 9.26 Å². The third-order valence-electron chi connectivity index (χ3n) is 4.31. The Hall–Kier alpha value is -1.92. The topological polar surface area (TPSA) is 63.4 Å². The Balaban J connectivity index is 1.48. The zero-order chi connectivity index (χ0) is 14.9. The Morgan fingerprint density at radius 2 is 2.36 bits per heavy atom. The second-order valence-corrected chi connectivity index (χ2v) is 5.89. The van der Waals surface area contributed by atoms with Gasteiger partial charge in [0.15, 0.2) is 0 Å². The highest BCUT2D eigenvalue weighted by Gasteiger charge is 2.26.